The zero-order chi connectivity index (χ0) is 12.0. The molecule has 2 unspecified atom stereocenters. The van der Waals surface area contributed by atoms with Crippen LogP contribution in [0.3, 0.4) is 0 Å². The fraction of sp³-hybridized carbons (Fsp3) is 1.00. The summed E-state index contributed by atoms with van der Waals surface area (Å²) in [5.41, 5.74) is 0.600. The molecule has 0 aromatic heterocycles. The van der Waals surface area contributed by atoms with Crippen LogP contribution in [0.25, 0.3) is 0 Å². The molecule has 1 fully saturated rings. The van der Waals surface area contributed by atoms with Crippen molar-refractivity contribution in [3.05, 3.63) is 0 Å². The van der Waals surface area contributed by atoms with E-state index in [1.807, 2.05) is 0 Å². The maximum atomic E-state index is 2.47. The molecule has 0 spiro atoms. The Balaban J connectivity index is 2.58. The first-order valence-corrected chi connectivity index (χ1v) is 7.59. The quantitative estimate of drug-likeness (QED) is 0.555. The number of hydrogen-bond donors (Lipinski definition) is 0. The molecule has 1 aliphatic rings. The smallest absolute Gasteiger partial charge is 0.0354 e. The second kappa shape index (κ2) is 6.67. The normalized spacial score (nSPS) is 32.2. The van der Waals surface area contributed by atoms with E-state index >= 15 is 0 Å². The summed E-state index contributed by atoms with van der Waals surface area (Å²) < 4.78 is 0. The molecule has 96 valence electrons. The van der Waals surface area contributed by atoms with E-state index in [1.54, 1.807) is 0 Å². The average molecular weight is 224 g/mol. The molecule has 0 heterocycles. The van der Waals surface area contributed by atoms with Crippen molar-refractivity contribution in [1.82, 2.24) is 0 Å². The highest BCUT2D eigenvalue weighted by atomic mass is 14.3. The molecule has 0 aliphatic heterocycles. The summed E-state index contributed by atoms with van der Waals surface area (Å²) in [7, 11) is 0. The van der Waals surface area contributed by atoms with Gasteiger partial charge in [-0.1, -0.05) is 66.2 Å². The molecule has 0 bridgehead atoms. The molecular weight excluding hydrogens is 192 g/mol. The first kappa shape index (κ1) is 14.1. The highest BCUT2D eigenvalue weighted by Crippen LogP contribution is 2.37. The Hall–Kier alpha value is 0. The molecule has 0 heteroatoms. The van der Waals surface area contributed by atoms with Gasteiger partial charge in [0.1, 0.15) is 0 Å². The minimum absolute atomic E-state index is 0.600. The van der Waals surface area contributed by atoms with Gasteiger partial charge in [0.15, 0.2) is 0 Å². The van der Waals surface area contributed by atoms with E-state index in [-0.39, 0.29) is 0 Å². The first-order chi connectivity index (χ1) is 7.59. The van der Waals surface area contributed by atoms with Crippen molar-refractivity contribution in [3.63, 3.8) is 0 Å². The molecule has 16 heavy (non-hydrogen) atoms. The molecule has 0 saturated heterocycles. The standard InChI is InChI=1S/C16H32/c1-5-14-10-8-7-9-12-16(3,4)13-11-15(14)6-2/h14-15H,5-13H2,1-4H3. The van der Waals surface area contributed by atoms with Gasteiger partial charge >= 0.3 is 0 Å². The van der Waals surface area contributed by atoms with Gasteiger partial charge in [-0.2, -0.15) is 0 Å². The molecule has 0 radical (unpaired) electrons. The minimum Gasteiger partial charge on any atom is -0.0651 e. The average Bonchev–Trinajstić information content (AvgIpc) is 2.26. The Bertz CT molecular complexity index is 180. The topological polar surface area (TPSA) is 0 Å². The van der Waals surface area contributed by atoms with Crippen LogP contribution in [0.5, 0.6) is 0 Å². The summed E-state index contributed by atoms with van der Waals surface area (Å²) >= 11 is 0. The number of hydrogen-bond acceptors (Lipinski definition) is 0. The summed E-state index contributed by atoms with van der Waals surface area (Å²) in [5.74, 6) is 2.02. The lowest BCUT2D eigenvalue weighted by molar-refractivity contribution is 0.197. The second-order valence-electron chi connectivity index (χ2n) is 6.64. The second-order valence-corrected chi connectivity index (χ2v) is 6.64. The van der Waals surface area contributed by atoms with Gasteiger partial charge in [0, 0.05) is 0 Å². The molecule has 0 amide bonds. The van der Waals surface area contributed by atoms with E-state index in [4.69, 9.17) is 0 Å². The van der Waals surface area contributed by atoms with E-state index in [0.29, 0.717) is 5.41 Å². The molecule has 1 aliphatic carbocycles. The van der Waals surface area contributed by atoms with Crippen LogP contribution in [-0.2, 0) is 0 Å². The summed E-state index contributed by atoms with van der Waals surface area (Å²) in [6.07, 6.45) is 13.1. The van der Waals surface area contributed by atoms with Crippen molar-refractivity contribution in [2.24, 2.45) is 17.3 Å². The lowest BCUT2D eigenvalue weighted by Crippen LogP contribution is -2.20. The molecular formula is C16H32. The van der Waals surface area contributed by atoms with E-state index in [1.165, 1.54) is 57.8 Å². The van der Waals surface area contributed by atoms with Gasteiger partial charge in [0.05, 0.1) is 0 Å². The zero-order valence-electron chi connectivity index (χ0n) is 12.0. The van der Waals surface area contributed by atoms with Crippen LogP contribution >= 0.6 is 0 Å². The monoisotopic (exact) mass is 224 g/mol. The lowest BCUT2D eigenvalue weighted by atomic mass is 9.74. The van der Waals surface area contributed by atoms with Gasteiger partial charge in [-0.15, -0.1) is 0 Å². The van der Waals surface area contributed by atoms with Crippen LogP contribution in [0.1, 0.15) is 85.5 Å². The highest BCUT2D eigenvalue weighted by Gasteiger charge is 2.24. The third kappa shape index (κ3) is 4.47. The van der Waals surface area contributed by atoms with Crippen LogP contribution in [0.4, 0.5) is 0 Å². The first-order valence-electron chi connectivity index (χ1n) is 7.59. The SMILES string of the molecule is CCC1CCCCCC(C)(C)CCC1CC. The Morgan fingerprint density at radius 1 is 0.812 bits per heavy atom. The van der Waals surface area contributed by atoms with Crippen LogP contribution in [0.15, 0.2) is 0 Å². The van der Waals surface area contributed by atoms with Crippen molar-refractivity contribution in [2.45, 2.75) is 85.5 Å². The fourth-order valence-corrected chi connectivity index (χ4v) is 3.43. The molecule has 1 rings (SSSR count). The molecule has 0 aromatic carbocycles. The van der Waals surface area contributed by atoms with Gasteiger partial charge in [-0.3, -0.25) is 0 Å². The van der Waals surface area contributed by atoms with Crippen LogP contribution in [0, 0.1) is 17.3 Å². The predicted molar refractivity (Wildman–Crippen MR) is 73.7 cm³/mol. The number of rotatable bonds is 2. The molecule has 0 nitrogen and oxygen atoms in total. The summed E-state index contributed by atoms with van der Waals surface area (Å²) in [4.78, 5) is 0. The largest absolute Gasteiger partial charge is 0.0651 e. The van der Waals surface area contributed by atoms with Gasteiger partial charge in [-0.05, 0) is 36.5 Å². The van der Waals surface area contributed by atoms with Crippen molar-refractivity contribution in [3.8, 4) is 0 Å². The Morgan fingerprint density at radius 2 is 1.44 bits per heavy atom. The van der Waals surface area contributed by atoms with E-state index in [9.17, 15) is 0 Å². The summed E-state index contributed by atoms with van der Waals surface area (Å²) in [6, 6.07) is 0. The third-order valence-electron chi connectivity index (χ3n) is 4.84. The summed E-state index contributed by atoms with van der Waals surface area (Å²) in [6.45, 7) is 9.74. The highest BCUT2D eigenvalue weighted by molar-refractivity contribution is 4.76. The van der Waals surface area contributed by atoms with Crippen LogP contribution in [-0.4, -0.2) is 0 Å². The van der Waals surface area contributed by atoms with Crippen LogP contribution < -0.4 is 0 Å². The van der Waals surface area contributed by atoms with Crippen molar-refractivity contribution >= 4 is 0 Å². The van der Waals surface area contributed by atoms with Gasteiger partial charge in [0.2, 0.25) is 0 Å². The van der Waals surface area contributed by atoms with Gasteiger partial charge < -0.3 is 0 Å². The summed E-state index contributed by atoms with van der Waals surface area (Å²) in [5, 5.41) is 0. The van der Waals surface area contributed by atoms with Crippen molar-refractivity contribution in [1.29, 1.82) is 0 Å². The molecule has 2 atom stereocenters. The molecule has 1 saturated carbocycles. The lowest BCUT2D eigenvalue weighted by Gasteiger charge is -2.32. The minimum atomic E-state index is 0.600. The Labute approximate surface area is 103 Å². The molecule has 0 N–H and O–H groups in total. The van der Waals surface area contributed by atoms with E-state index in [0.717, 1.165) is 11.8 Å². The maximum absolute atomic E-state index is 2.47. The zero-order valence-corrected chi connectivity index (χ0v) is 12.0. The predicted octanol–water partition coefficient (Wildman–Crippen LogP) is 5.81. The van der Waals surface area contributed by atoms with Crippen molar-refractivity contribution in [2.75, 3.05) is 0 Å². The Morgan fingerprint density at radius 3 is 2.06 bits per heavy atom. The third-order valence-corrected chi connectivity index (χ3v) is 4.84. The van der Waals surface area contributed by atoms with E-state index in [2.05, 4.69) is 27.7 Å². The fourth-order valence-electron chi connectivity index (χ4n) is 3.43. The molecule has 0 aromatic rings. The maximum Gasteiger partial charge on any atom is -0.0354 e. The Kier molecular flexibility index (Phi) is 5.86. The van der Waals surface area contributed by atoms with Gasteiger partial charge in [0.25, 0.3) is 0 Å². The van der Waals surface area contributed by atoms with Gasteiger partial charge in [-0.25, -0.2) is 0 Å². The van der Waals surface area contributed by atoms with E-state index < -0.39 is 0 Å². The van der Waals surface area contributed by atoms with Crippen molar-refractivity contribution < 1.29 is 0 Å². The van der Waals surface area contributed by atoms with Crippen LogP contribution in [0.2, 0.25) is 0 Å².